The lowest BCUT2D eigenvalue weighted by molar-refractivity contribution is 0.0875. The molecule has 0 spiro atoms. The number of aromatic nitrogens is 2. The van der Waals surface area contributed by atoms with E-state index >= 15 is 0 Å². The monoisotopic (exact) mass is 496 g/mol. The number of ether oxygens (including phenoxy) is 1. The molecule has 1 aliphatic carbocycles. The van der Waals surface area contributed by atoms with E-state index < -0.39 is 0 Å². The summed E-state index contributed by atoms with van der Waals surface area (Å²) in [6, 6.07) is 6.24. The Morgan fingerprint density at radius 3 is 2.64 bits per heavy atom. The van der Waals surface area contributed by atoms with Gasteiger partial charge in [0, 0.05) is 13.1 Å². The van der Waals surface area contributed by atoms with E-state index in [0.29, 0.717) is 24.1 Å². The Morgan fingerprint density at radius 2 is 2.00 bits per heavy atom. The lowest BCUT2D eigenvalue weighted by Crippen LogP contribution is -2.34. The molecule has 2 fully saturated rings. The van der Waals surface area contributed by atoms with Crippen molar-refractivity contribution in [3.63, 3.8) is 0 Å². The fraction of sp³-hybridized carbons (Fsp3) is 0.621. The Kier molecular flexibility index (Phi) is 10.4. The lowest BCUT2D eigenvalue weighted by Gasteiger charge is -2.33. The molecule has 1 aliphatic heterocycles. The molecule has 0 amide bonds. The van der Waals surface area contributed by atoms with E-state index in [0.717, 1.165) is 55.3 Å². The van der Waals surface area contributed by atoms with Crippen LogP contribution in [0.2, 0.25) is 0 Å². The third-order valence-corrected chi connectivity index (χ3v) is 7.42. The largest absolute Gasteiger partial charge is 0.494 e. The second kappa shape index (κ2) is 13.5. The number of benzene rings is 1. The quantitative estimate of drug-likeness (QED) is 0.197. The molecule has 2 aromatic rings. The molecule has 36 heavy (non-hydrogen) atoms. The average Bonchev–Trinajstić information content (AvgIpc) is 3.47. The lowest BCUT2D eigenvalue weighted by atomic mass is 9.90. The van der Waals surface area contributed by atoms with Gasteiger partial charge in [-0.3, -0.25) is 0 Å². The van der Waals surface area contributed by atoms with Crippen molar-refractivity contribution in [1.82, 2.24) is 15.1 Å². The van der Waals surface area contributed by atoms with Crippen LogP contribution >= 0.6 is 0 Å². The molecule has 2 atom stereocenters. The maximum atomic E-state index is 6.07. The molecule has 1 saturated heterocycles. The van der Waals surface area contributed by atoms with Gasteiger partial charge < -0.3 is 18.9 Å². The van der Waals surface area contributed by atoms with Crippen LogP contribution in [0.1, 0.15) is 77.3 Å². The third-order valence-electron chi connectivity index (χ3n) is 7.42. The number of likely N-dealkylation sites (tertiary alicyclic amines) is 1. The van der Waals surface area contributed by atoms with Crippen molar-refractivity contribution in [3.05, 3.63) is 54.1 Å². The van der Waals surface area contributed by atoms with Crippen molar-refractivity contribution in [2.24, 2.45) is 28.8 Å². The SMILES string of the molecule is C=C(O/N=C(\C)C(C)C)N1CCC(C2CC2CCOc2ccc(Cc3nnco3)c(C)c2)CC1.CC. The van der Waals surface area contributed by atoms with Crippen molar-refractivity contribution >= 4 is 5.71 Å². The van der Waals surface area contributed by atoms with Gasteiger partial charge in [0.15, 0.2) is 0 Å². The van der Waals surface area contributed by atoms with Crippen LogP contribution in [0.25, 0.3) is 0 Å². The van der Waals surface area contributed by atoms with Gasteiger partial charge in [-0.1, -0.05) is 38.9 Å². The second-order valence-electron chi connectivity index (χ2n) is 10.1. The van der Waals surface area contributed by atoms with Crippen molar-refractivity contribution < 1.29 is 14.0 Å². The van der Waals surface area contributed by atoms with Crippen LogP contribution in [0.5, 0.6) is 5.75 Å². The van der Waals surface area contributed by atoms with Gasteiger partial charge in [-0.2, -0.15) is 0 Å². The van der Waals surface area contributed by atoms with E-state index in [1.807, 2.05) is 26.8 Å². The first kappa shape index (κ1) is 27.8. The fourth-order valence-electron chi connectivity index (χ4n) is 4.77. The molecule has 7 heteroatoms. The molecule has 1 aromatic heterocycles. The zero-order valence-electron chi connectivity index (χ0n) is 23.0. The summed E-state index contributed by atoms with van der Waals surface area (Å²) in [5.74, 6) is 5.09. The number of aryl methyl sites for hydroxylation is 1. The fourth-order valence-corrected chi connectivity index (χ4v) is 4.77. The summed E-state index contributed by atoms with van der Waals surface area (Å²) < 4.78 is 11.3. The van der Waals surface area contributed by atoms with E-state index in [4.69, 9.17) is 14.0 Å². The Morgan fingerprint density at radius 1 is 1.25 bits per heavy atom. The molecule has 2 heterocycles. The molecule has 0 N–H and O–H groups in total. The molecular weight excluding hydrogens is 452 g/mol. The molecule has 0 radical (unpaired) electrons. The van der Waals surface area contributed by atoms with Gasteiger partial charge in [0.25, 0.3) is 0 Å². The Balaban J connectivity index is 0.00000176. The van der Waals surface area contributed by atoms with Crippen molar-refractivity contribution in [2.75, 3.05) is 19.7 Å². The van der Waals surface area contributed by atoms with Crippen LogP contribution in [0.3, 0.4) is 0 Å². The van der Waals surface area contributed by atoms with Crippen molar-refractivity contribution in [3.8, 4) is 5.75 Å². The van der Waals surface area contributed by atoms with Crippen LogP contribution in [-0.4, -0.2) is 40.5 Å². The van der Waals surface area contributed by atoms with Gasteiger partial charge in [-0.15, -0.1) is 10.2 Å². The van der Waals surface area contributed by atoms with Gasteiger partial charge in [-0.05, 0) is 93.0 Å². The summed E-state index contributed by atoms with van der Waals surface area (Å²) in [7, 11) is 0. The predicted octanol–water partition coefficient (Wildman–Crippen LogP) is 6.63. The highest BCUT2D eigenvalue weighted by molar-refractivity contribution is 5.83. The normalized spacial score (nSPS) is 20.1. The summed E-state index contributed by atoms with van der Waals surface area (Å²) in [5.41, 5.74) is 3.36. The van der Waals surface area contributed by atoms with Gasteiger partial charge in [0.2, 0.25) is 18.2 Å². The molecule has 1 saturated carbocycles. The summed E-state index contributed by atoms with van der Waals surface area (Å²) in [4.78, 5) is 7.80. The Labute approximate surface area is 216 Å². The Hall–Kier alpha value is -2.83. The van der Waals surface area contributed by atoms with Gasteiger partial charge in [-0.25, -0.2) is 0 Å². The van der Waals surface area contributed by atoms with Crippen LogP contribution in [0.15, 0.2) is 46.6 Å². The highest BCUT2D eigenvalue weighted by Gasteiger charge is 2.43. The molecule has 4 rings (SSSR count). The summed E-state index contributed by atoms with van der Waals surface area (Å²) in [6.45, 7) is 19.2. The smallest absolute Gasteiger partial charge is 0.220 e. The van der Waals surface area contributed by atoms with Gasteiger partial charge in [0.05, 0.1) is 18.7 Å². The third kappa shape index (κ3) is 7.84. The van der Waals surface area contributed by atoms with Crippen LogP contribution < -0.4 is 4.74 Å². The minimum Gasteiger partial charge on any atom is -0.494 e. The maximum Gasteiger partial charge on any atom is 0.220 e. The highest BCUT2D eigenvalue weighted by atomic mass is 16.6. The Bertz CT molecular complexity index is 978. The maximum absolute atomic E-state index is 6.07. The molecule has 7 nitrogen and oxygen atoms in total. The van der Waals surface area contributed by atoms with E-state index in [-0.39, 0.29) is 0 Å². The minimum absolute atomic E-state index is 0.389. The predicted molar refractivity (Wildman–Crippen MR) is 144 cm³/mol. The second-order valence-corrected chi connectivity index (χ2v) is 10.1. The molecule has 2 unspecified atom stereocenters. The first-order chi connectivity index (χ1) is 17.4. The van der Waals surface area contributed by atoms with E-state index in [9.17, 15) is 0 Å². The number of oxime groups is 1. The van der Waals surface area contributed by atoms with Crippen molar-refractivity contribution in [2.45, 2.75) is 73.6 Å². The molecule has 0 bridgehead atoms. The first-order valence-electron chi connectivity index (χ1n) is 13.5. The summed E-state index contributed by atoms with van der Waals surface area (Å²) in [6.07, 6.45) is 6.90. The van der Waals surface area contributed by atoms with Crippen LogP contribution in [0, 0.1) is 30.6 Å². The van der Waals surface area contributed by atoms with Crippen LogP contribution in [0.4, 0.5) is 0 Å². The molecular formula is C29H44N4O3. The molecule has 1 aromatic carbocycles. The van der Waals surface area contributed by atoms with E-state index in [2.05, 4.69) is 59.7 Å². The van der Waals surface area contributed by atoms with Gasteiger partial charge >= 0.3 is 0 Å². The number of rotatable bonds is 11. The number of hydrogen-bond donors (Lipinski definition) is 0. The molecule has 198 valence electrons. The topological polar surface area (TPSA) is 73.0 Å². The number of nitrogens with zero attached hydrogens (tertiary/aromatic N) is 4. The first-order valence-corrected chi connectivity index (χ1v) is 13.5. The zero-order valence-corrected chi connectivity index (χ0v) is 23.0. The molecule has 2 aliphatic rings. The van der Waals surface area contributed by atoms with Crippen molar-refractivity contribution in [1.29, 1.82) is 0 Å². The number of piperidine rings is 1. The minimum atomic E-state index is 0.389. The highest BCUT2D eigenvalue weighted by Crippen LogP contribution is 2.50. The summed E-state index contributed by atoms with van der Waals surface area (Å²) >= 11 is 0. The van der Waals surface area contributed by atoms with Crippen LogP contribution in [-0.2, 0) is 11.3 Å². The van der Waals surface area contributed by atoms with Gasteiger partial charge in [0.1, 0.15) is 5.75 Å². The van der Waals surface area contributed by atoms with E-state index in [1.54, 1.807) is 0 Å². The average molecular weight is 497 g/mol. The standard InChI is InChI=1S/C27H38N4O3.C2H6/c1-18(2)20(4)30-34-21(5)31-11-8-22(9-12-31)26-15-24(26)10-13-32-25-7-6-23(19(3)14-25)16-27-29-28-17-33-27;1-2/h6-7,14,17-18,22,24,26H,5,8-13,15-16H2,1-4H3;1-2H3/b30-20+;. The zero-order chi connectivity index (χ0) is 26.1. The summed E-state index contributed by atoms with van der Waals surface area (Å²) in [5, 5.41) is 11.9. The van der Waals surface area contributed by atoms with E-state index in [1.165, 1.54) is 36.8 Å². The number of hydrogen-bond acceptors (Lipinski definition) is 7.